The van der Waals surface area contributed by atoms with E-state index in [1.54, 1.807) is 6.07 Å². The second kappa shape index (κ2) is 4.56. The quantitative estimate of drug-likeness (QED) is 0.693. The van der Waals surface area contributed by atoms with Crippen LogP contribution in [0.4, 0.5) is 10.1 Å². The summed E-state index contributed by atoms with van der Waals surface area (Å²) in [6.45, 7) is 0. The molecular formula is C16H13BrFN3. The van der Waals surface area contributed by atoms with Crippen molar-refractivity contribution in [3.8, 4) is 11.4 Å². The fourth-order valence-corrected chi connectivity index (χ4v) is 2.92. The van der Waals surface area contributed by atoms with Crippen LogP contribution >= 0.6 is 15.9 Å². The Morgan fingerprint density at radius 3 is 2.76 bits per heavy atom. The van der Waals surface area contributed by atoms with E-state index >= 15 is 0 Å². The molecular weight excluding hydrogens is 333 g/mol. The predicted octanol–water partition coefficient (Wildman–Crippen LogP) is 4.52. The van der Waals surface area contributed by atoms with Gasteiger partial charge in [0.2, 0.25) is 0 Å². The van der Waals surface area contributed by atoms with Crippen LogP contribution in [0.25, 0.3) is 22.4 Å². The van der Waals surface area contributed by atoms with Crippen molar-refractivity contribution in [2.75, 3.05) is 5.73 Å². The van der Waals surface area contributed by atoms with Crippen molar-refractivity contribution in [1.82, 2.24) is 9.55 Å². The van der Waals surface area contributed by atoms with Gasteiger partial charge in [0.15, 0.2) is 5.82 Å². The Kier molecular flexibility index (Phi) is 2.79. The van der Waals surface area contributed by atoms with Crippen molar-refractivity contribution in [3.63, 3.8) is 0 Å². The minimum Gasteiger partial charge on any atom is -0.398 e. The predicted molar refractivity (Wildman–Crippen MR) is 85.5 cm³/mol. The fraction of sp³-hybridized carbons (Fsp3) is 0.188. The van der Waals surface area contributed by atoms with Crippen LogP contribution in [-0.2, 0) is 0 Å². The zero-order valence-corrected chi connectivity index (χ0v) is 12.8. The van der Waals surface area contributed by atoms with E-state index < -0.39 is 0 Å². The van der Waals surface area contributed by atoms with Crippen LogP contribution in [0.15, 0.2) is 40.9 Å². The van der Waals surface area contributed by atoms with E-state index in [0.29, 0.717) is 17.2 Å². The molecule has 1 heterocycles. The van der Waals surface area contributed by atoms with Crippen LogP contribution < -0.4 is 5.73 Å². The molecule has 0 aliphatic heterocycles. The van der Waals surface area contributed by atoms with Crippen LogP contribution in [0, 0.1) is 5.82 Å². The average molecular weight is 346 g/mol. The van der Waals surface area contributed by atoms with Crippen molar-refractivity contribution in [3.05, 3.63) is 46.7 Å². The number of anilines is 1. The normalized spacial score (nSPS) is 14.8. The Morgan fingerprint density at radius 2 is 2.05 bits per heavy atom. The van der Waals surface area contributed by atoms with Gasteiger partial charge < -0.3 is 10.3 Å². The number of nitrogens with zero attached hydrogens (tertiary/aromatic N) is 2. The molecule has 21 heavy (non-hydrogen) atoms. The van der Waals surface area contributed by atoms with Gasteiger partial charge in [0.1, 0.15) is 11.3 Å². The molecule has 1 saturated carbocycles. The number of halogens is 2. The lowest BCUT2D eigenvalue weighted by Gasteiger charge is -2.08. The molecule has 2 N–H and O–H groups in total. The lowest BCUT2D eigenvalue weighted by atomic mass is 10.2. The first kappa shape index (κ1) is 12.8. The third-order valence-corrected chi connectivity index (χ3v) is 4.56. The lowest BCUT2D eigenvalue weighted by Crippen LogP contribution is -1.98. The number of para-hydroxylation sites is 1. The molecule has 3 aromatic rings. The van der Waals surface area contributed by atoms with E-state index in [1.807, 2.05) is 24.3 Å². The average Bonchev–Trinajstić information content (AvgIpc) is 3.22. The second-order valence-electron chi connectivity index (χ2n) is 5.38. The van der Waals surface area contributed by atoms with E-state index in [0.717, 1.165) is 34.2 Å². The highest BCUT2D eigenvalue weighted by atomic mass is 79.9. The molecule has 0 bridgehead atoms. The molecule has 106 valence electrons. The molecule has 1 aliphatic rings. The smallest absolute Gasteiger partial charge is 0.151 e. The molecule has 1 aromatic heterocycles. The summed E-state index contributed by atoms with van der Waals surface area (Å²) in [4.78, 5) is 4.53. The van der Waals surface area contributed by atoms with Gasteiger partial charge in [-0.1, -0.05) is 6.07 Å². The molecule has 5 heteroatoms. The number of hydrogen-bond acceptors (Lipinski definition) is 2. The van der Waals surface area contributed by atoms with E-state index in [1.165, 1.54) is 6.07 Å². The first-order valence-electron chi connectivity index (χ1n) is 6.87. The molecule has 0 spiro atoms. The Hall–Kier alpha value is -1.88. The summed E-state index contributed by atoms with van der Waals surface area (Å²) in [5, 5.41) is 0. The number of imidazole rings is 1. The number of fused-ring (bicyclic) bond motifs is 1. The number of nitrogens with two attached hydrogens (primary N) is 1. The summed E-state index contributed by atoms with van der Waals surface area (Å²) < 4.78 is 17.0. The highest BCUT2D eigenvalue weighted by Gasteiger charge is 2.29. The van der Waals surface area contributed by atoms with Gasteiger partial charge in [-0.15, -0.1) is 0 Å². The Bertz CT molecular complexity index is 852. The van der Waals surface area contributed by atoms with Crippen LogP contribution in [0.3, 0.4) is 0 Å². The fourth-order valence-electron chi connectivity index (χ4n) is 2.67. The molecule has 0 saturated heterocycles. The molecule has 1 fully saturated rings. The molecule has 4 rings (SSSR count). The van der Waals surface area contributed by atoms with Crippen LogP contribution in [0.1, 0.15) is 18.9 Å². The van der Waals surface area contributed by atoms with Crippen molar-refractivity contribution in [2.45, 2.75) is 18.9 Å². The van der Waals surface area contributed by atoms with E-state index in [9.17, 15) is 4.39 Å². The third kappa shape index (κ3) is 2.03. The number of rotatable bonds is 2. The molecule has 0 radical (unpaired) electrons. The van der Waals surface area contributed by atoms with Crippen molar-refractivity contribution < 1.29 is 4.39 Å². The van der Waals surface area contributed by atoms with Crippen LogP contribution in [0.2, 0.25) is 0 Å². The summed E-state index contributed by atoms with van der Waals surface area (Å²) in [5.74, 6) is 0.509. The number of hydrogen-bond donors (Lipinski definition) is 1. The summed E-state index contributed by atoms with van der Waals surface area (Å²) in [6, 6.07) is 11.3. The van der Waals surface area contributed by atoms with Gasteiger partial charge >= 0.3 is 0 Å². The maximum atomic E-state index is 14.0. The van der Waals surface area contributed by atoms with Gasteiger partial charge in [-0.25, -0.2) is 9.37 Å². The van der Waals surface area contributed by atoms with Crippen LogP contribution in [-0.4, -0.2) is 9.55 Å². The minimum absolute atomic E-state index is 0.279. The lowest BCUT2D eigenvalue weighted by molar-refractivity contribution is 0.637. The van der Waals surface area contributed by atoms with Crippen LogP contribution in [0.5, 0.6) is 0 Å². The minimum atomic E-state index is -0.279. The van der Waals surface area contributed by atoms with Gasteiger partial charge in [0.05, 0.1) is 5.52 Å². The van der Waals surface area contributed by atoms with Gasteiger partial charge in [-0.3, -0.25) is 0 Å². The zero-order valence-electron chi connectivity index (χ0n) is 11.2. The first-order chi connectivity index (χ1) is 10.1. The number of nitrogen functional groups attached to an aromatic ring is 1. The van der Waals surface area contributed by atoms with Gasteiger partial charge in [-0.05, 0) is 59.1 Å². The van der Waals surface area contributed by atoms with Gasteiger partial charge in [-0.2, -0.15) is 0 Å². The zero-order chi connectivity index (χ0) is 14.6. The first-order valence-corrected chi connectivity index (χ1v) is 7.66. The summed E-state index contributed by atoms with van der Waals surface area (Å²) in [6.07, 6.45) is 2.22. The SMILES string of the molecule is Nc1cc(-c2nc3c(F)cccc3n2C2CC2)ccc1Br. The Balaban J connectivity index is 2.01. The molecule has 1 aliphatic carbocycles. The van der Waals surface area contributed by atoms with Crippen molar-refractivity contribution in [2.24, 2.45) is 0 Å². The highest BCUT2D eigenvalue weighted by Crippen LogP contribution is 2.42. The maximum Gasteiger partial charge on any atom is 0.151 e. The molecule has 0 amide bonds. The summed E-state index contributed by atoms with van der Waals surface area (Å²) >= 11 is 3.40. The topological polar surface area (TPSA) is 43.8 Å². The highest BCUT2D eigenvalue weighted by molar-refractivity contribution is 9.10. The van der Waals surface area contributed by atoms with E-state index in [-0.39, 0.29) is 5.82 Å². The second-order valence-corrected chi connectivity index (χ2v) is 6.23. The third-order valence-electron chi connectivity index (χ3n) is 3.84. The monoisotopic (exact) mass is 345 g/mol. The van der Waals surface area contributed by atoms with E-state index in [4.69, 9.17) is 5.73 Å². The summed E-state index contributed by atoms with van der Waals surface area (Å²) in [5.41, 5.74) is 8.82. The molecule has 0 atom stereocenters. The van der Waals surface area contributed by atoms with Crippen molar-refractivity contribution in [1.29, 1.82) is 0 Å². The number of benzene rings is 2. The Morgan fingerprint density at radius 1 is 1.24 bits per heavy atom. The van der Waals surface area contributed by atoms with Crippen molar-refractivity contribution >= 4 is 32.7 Å². The summed E-state index contributed by atoms with van der Waals surface area (Å²) in [7, 11) is 0. The Labute approximate surface area is 129 Å². The van der Waals surface area contributed by atoms with Gasteiger partial charge in [0, 0.05) is 21.8 Å². The molecule has 2 aromatic carbocycles. The molecule has 3 nitrogen and oxygen atoms in total. The van der Waals surface area contributed by atoms with E-state index in [2.05, 4.69) is 25.5 Å². The molecule has 0 unspecified atom stereocenters. The largest absolute Gasteiger partial charge is 0.398 e. The maximum absolute atomic E-state index is 14.0. The standard InChI is InChI=1S/C16H13BrFN3/c17-11-7-4-9(8-13(11)19)16-20-15-12(18)2-1-3-14(15)21(16)10-5-6-10/h1-4,7-8,10H,5-6,19H2. The van der Waals surface area contributed by atoms with Gasteiger partial charge in [0.25, 0.3) is 0 Å². The number of aromatic nitrogens is 2.